The van der Waals surface area contributed by atoms with Crippen LogP contribution in [0.25, 0.3) is 0 Å². The Balaban J connectivity index is 2.28. The molecule has 0 fully saturated rings. The summed E-state index contributed by atoms with van der Waals surface area (Å²) in [6.07, 6.45) is 2.14. The van der Waals surface area contributed by atoms with Gasteiger partial charge in [0.15, 0.2) is 0 Å². The monoisotopic (exact) mass is 278 g/mol. The highest BCUT2D eigenvalue weighted by atomic mass is 16.6. The third-order valence-electron chi connectivity index (χ3n) is 2.72. The first-order chi connectivity index (χ1) is 9.42. The number of hydrogen-bond donors (Lipinski definition) is 0. The van der Waals surface area contributed by atoms with Crippen LogP contribution in [0.15, 0.2) is 24.3 Å². The van der Waals surface area contributed by atoms with Gasteiger partial charge in [0, 0.05) is 0 Å². The van der Waals surface area contributed by atoms with Gasteiger partial charge in [-0.1, -0.05) is 46.2 Å². The molecule has 1 rings (SSSR count). The summed E-state index contributed by atoms with van der Waals surface area (Å²) in [4.78, 5) is 11.8. The van der Waals surface area contributed by atoms with E-state index in [0.29, 0.717) is 25.4 Å². The molecule has 0 saturated heterocycles. The summed E-state index contributed by atoms with van der Waals surface area (Å²) >= 11 is 0. The molecule has 0 atom stereocenters. The Bertz CT molecular complexity index is 401. The van der Waals surface area contributed by atoms with Gasteiger partial charge < -0.3 is 9.47 Å². The number of aryl methyl sites for hydroxylation is 1. The minimum Gasteiger partial charge on any atom is -0.460 e. The largest absolute Gasteiger partial charge is 0.460 e. The summed E-state index contributed by atoms with van der Waals surface area (Å²) in [7, 11) is 0. The van der Waals surface area contributed by atoms with Gasteiger partial charge in [0.25, 0.3) is 0 Å². The number of carbonyl (C=O) groups is 1. The van der Waals surface area contributed by atoms with Gasteiger partial charge in [-0.3, -0.25) is 0 Å². The zero-order chi connectivity index (χ0) is 15.0. The Hall–Kier alpha value is -1.35. The van der Waals surface area contributed by atoms with Crippen molar-refractivity contribution in [2.24, 2.45) is 5.41 Å². The van der Waals surface area contributed by atoms with Gasteiger partial charge >= 0.3 is 5.97 Å². The van der Waals surface area contributed by atoms with Crippen LogP contribution in [0.4, 0.5) is 0 Å². The van der Waals surface area contributed by atoms with E-state index in [2.05, 4.69) is 27.7 Å². The van der Waals surface area contributed by atoms with Gasteiger partial charge in [0.2, 0.25) is 0 Å². The second-order valence-electron chi connectivity index (χ2n) is 6.20. The van der Waals surface area contributed by atoms with Crippen LogP contribution in [0.5, 0.6) is 0 Å². The number of ether oxygens (including phenoxy) is 2. The molecule has 1 aromatic carbocycles. The van der Waals surface area contributed by atoms with Crippen molar-refractivity contribution in [1.29, 1.82) is 0 Å². The van der Waals surface area contributed by atoms with E-state index >= 15 is 0 Å². The topological polar surface area (TPSA) is 35.5 Å². The minimum absolute atomic E-state index is 0.138. The highest BCUT2D eigenvalue weighted by Crippen LogP contribution is 2.12. The van der Waals surface area contributed by atoms with Gasteiger partial charge in [0.1, 0.15) is 6.61 Å². The van der Waals surface area contributed by atoms with Crippen LogP contribution in [-0.4, -0.2) is 25.8 Å². The quantitative estimate of drug-likeness (QED) is 0.561. The van der Waals surface area contributed by atoms with Crippen molar-refractivity contribution in [3.05, 3.63) is 35.4 Å². The van der Waals surface area contributed by atoms with Crippen molar-refractivity contribution in [3.8, 4) is 0 Å². The fourth-order valence-corrected chi connectivity index (χ4v) is 1.75. The van der Waals surface area contributed by atoms with Crippen LogP contribution in [0.2, 0.25) is 0 Å². The van der Waals surface area contributed by atoms with Crippen LogP contribution in [0, 0.1) is 5.41 Å². The smallest absolute Gasteiger partial charge is 0.338 e. The maximum absolute atomic E-state index is 11.8. The number of esters is 1. The molecule has 0 spiro atoms. The van der Waals surface area contributed by atoms with Gasteiger partial charge in [0.05, 0.1) is 18.8 Å². The van der Waals surface area contributed by atoms with Gasteiger partial charge in [-0.05, 0) is 29.5 Å². The lowest BCUT2D eigenvalue weighted by molar-refractivity contribution is 0.0179. The molecule has 0 aromatic heterocycles. The molecule has 3 nitrogen and oxygen atoms in total. The third kappa shape index (κ3) is 6.71. The molecule has 0 saturated carbocycles. The molecule has 3 heteroatoms. The zero-order valence-electron chi connectivity index (χ0n) is 13.1. The molecule has 0 heterocycles. The van der Waals surface area contributed by atoms with Crippen LogP contribution in [-0.2, 0) is 15.9 Å². The van der Waals surface area contributed by atoms with E-state index < -0.39 is 0 Å². The molecular weight excluding hydrogens is 252 g/mol. The highest BCUT2D eigenvalue weighted by Gasteiger charge is 2.10. The fourth-order valence-electron chi connectivity index (χ4n) is 1.75. The third-order valence-corrected chi connectivity index (χ3v) is 2.72. The van der Waals surface area contributed by atoms with E-state index in [-0.39, 0.29) is 11.4 Å². The molecule has 0 N–H and O–H groups in total. The first kappa shape index (κ1) is 16.7. The predicted molar refractivity (Wildman–Crippen MR) is 81.0 cm³/mol. The summed E-state index contributed by atoms with van der Waals surface area (Å²) in [5.41, 5.74) is 1.98. The van der Waals surface area contributed by atoms with Crippen LogP contribution in [0.3, 0.4) is 0 Å². The highest BCUT2D eigenvalue weighted by molar-refractivity contribution is 5.89. The molecule has 0 radical (unpaired) electrons. The van der Waals surface area contributed by atoms with Gasteiger partial charge in [-0.25, -0.2) is 4.79 Å². The van der Waals surface area contributed by atoms with Crippen molar-refractivity contribution in [2.75, 3.05) is 19.8 Å². The fraction of sp³-hybridized carbons (Fsp3) is 0.588. The number of rotatable bonds is 7. The molecule has 0 amide bonds. The molecule has 0 unspecified atom stereocenters. The molecular formula is C17H26O3. The number of carbonyl (C=O) groups excluding carboxylic acids is 1. The maximum Gasteiger partial charge on any atom is 0.338 e. The Morgan fingerprint density at radius 2 is 1.75 bits per heavy atom. The van der Waals surface area contributed by atoms with Crippen LogP contribution in [0.1, 0.15) is 50.0 Å². The summed E-state index contributed by atoms with van der Waals surface area (Å²) in [5.74, 6) is -0.285. The minimum atomic E-state index is -0.285. The van der Waals surface area contributed by atoms with Crippen molar-refractivity contribution >= 4 is 5.97 Å². The average Bonchev–Trinajstić information content (AvgIpc) is 2.38. The molecule has 0 aliphatic rings. The summed E-state index contributed by atoms with van der Waals surface area (Å²) in [6.45, 7) is 9.86. The first-order valence-electron chi connectivity index (χ1n) is 7.26. The van der Waals surface area contributed by atoms with Gasteiger partial charge in [-0.2, -0.15) is 0 Å². The summed E-state index contributed by atoms with van der Waals surface area (Å²) in [6, 6.07) is 7.61. The van der Waals surface area contributed by atoms with Crippen molar-refractivity contribution in [3.63, 3.8) is 0 Å². The average molecular weight is 278 g/mol. The van der Waals surface area contributed by atoms with Crippen LogP contribution >= 0.6 is 0 Å². The van der Waals surface area contributed by atoms with Crippen LogP contribution < -0.4 is 0 Å². The maximum atomic E-state index is 11.8. The summed E-state index contributed by atoms with van der Waals surface area (Å²) in [5, 5.41) is 0. The van der Waals surface area contributed by atoms with Crippen molar-refractivity contribution < 1.29 is 14.3 Å². The Morgan fingerprint density at radius 1 is 1.10 bits per heavy atom. The van der Waals surface area contributed by atoms with E-state index in [0.717, 1.165) is 12.8 Å². The van der Waals surface area contributed by atoms with E-state index in [9.17, 15) is 4.79 Å². The normalized spacial score (nSPS) is 11.4. The number of hydrogen-bond acceptors (Lipinski definition) is 3. The van der Waals surface area contributed by atoms with Crippen molar-refractivity contribution in [2.45, 2.75) is 40.5 Å². The van der Waals surface area contributed by atoms with Crippen molar-refractivity contribution in [1.82, 2.24) is 0 Å². The SMILES string of the molecule is CCCc1ccc(C(=O)OCCOCC(C)(C)C)cc1. The zero-order valence-corrected chi connectivity index (χ0v) is 13.1. The second kappa shape index (κ2) is 8.05. The Kier molecular flexibility index (Phi) is 6.73. The molecule has 20 heavy (non-hydrogen) atoms. The molecule has 0 aliphatic heterocycles. The molecule has 0 aliphatic carbocycles. The Labute approximate surface area is 122 Å². The summed E-state index contributed by atoms with van der Waals surface area (Å²) < 4.78 is 10.6. The lowest BCUT2D eigenvalue weighted by Crippen LogP contribution is -2.18. The molecule has 1 aromatic rings. The lowest BCUT2D eigenvalue weighted by Gasteiger charge is -2.17. The van der Waals surface area contributed by atoms with E-state index in [1.807, 2.05) is 24.3 Å². The standard InChI is InChI=1S/C17H26O3/c1-5-6-14-7-9-15(10-8-14)16(18)20-12-11-19-13-17(2,3)4/h7-10H,5-6,11-13H2,1-4H3. The lowest BCUT2D eigenvalue weighted by atomic mass is 9.99. The first-order valence-corrected chi connectivity index (χ1v) is 7.26. The second-order valence-corrected chi connectivity index (χ2v) is 6.20. The van der Waals surface area contributed by atoms with E-state index in [1.54, 1.807) is 0 Å². The number of benzene rings is 1. The van der Waals surface area contributed by atoms with E-state index in [1.165, 1.54) is 5.56 Å². The Morgan fingerprint density at radius 3 is 2.30 bits per heavy atom. The molecule has 0 bridgehead atoms. The molecule has 112 valence electrons. The van der Waals surface area contributed by atoms with Gasteiger partial charge in [-0.15, -0.1) is 0 Å². The predicted octanol–water partition coefficient (Wildman–Crippen LogP) is 3.86. The van der Waals surface area contributed by atoms with E-state index in [4.69, 9.17) is 9.47 Å².